The van der Waals surface area contributed by atoms with Crippen molar-refractivity contribution in [2.75, 3.05) is 19.6 Å². The fraction of sp³-hybridized carbons (Fsp3) is 0.625. The van der Waals surface area contributed by atoms with Gasteiger partial charge in [0, 0.05) is 31.7 Å². The number of aromatic hydroxyl groups is 1. The van der Waals surface area contributed by atoms with E-state index in [1.54, 1.807) is 6.07 Å². The lowest BCUT2D eigenvalue weighted by Gasteiger charge is -2.50. The van der Waals surface area contributed by atoms with Gasteiger partial charge in [-0.2, -0.15) is 0 Å². The van der Waals surface area contributed by atoms with E-state index in [1.165, 1.54) is 37.7 Å². The van der Waals surface area contributed by atoms with Crippen LogP contribution < -0.4 is 5.32 Å². The first-order valence-electron chi connectivity index (χ1n) is 7.52. The molecular formula is C16H24N2O. The van der Waals surface area contributed by atoms with E-state index in [9.17, 15) is 5.11 Å². The fourth-order valence-electron chi connectivity index (χ4n) is 3.71. The number of piperazine rings is 1. The minimum atomic E-state index is 0.363. The third-order valence-corrected chi connectivity index (χ3v) is 4.75. The first-order valence-corrected chi connectivity index (χ1v) is 7.52. The Morgan fingerprint density at radius 3 is 2.84 bits per heavy atom. The Morgan fingerprint density at radius 2 is 2.05 bits per heavy atom. The second-order valence-corrected chi connectivity index (χ2v) is 6.05. The first kappa shape index (κ1) is 12.9. The third-order valence-electron chi connectivity index (χ3n) is 4.75. The van der Waals surface area contributed by atoms with Gasteiger partial charge in [-0.25, -0.2) is 0 Å². The summed E-state index contributed by atoms with van der Waals surface area (Å²) in [6, 6.07) is 7.72. The molecule has 2 aliphatic rings. The van der Waals surface area contributed by atoms with Crippen molar-refractivity contribution < 1.29 is 5.11 Å². The average Bonchev–Trinajstić information content (AvgIpc) is 2.43. The molecule has 104 valence electrons. The third kappa shape index (κ3) is 2.77. The van der Waals surface area contributed by atoms with Gasteiger partial charge in [0.05, 0.1) is 0 Å². The Balaban J connectivity index is 1.77. The lowest BCUT2D eigenvalue weighted by atomic mass is 9.79. The van der Waals surface area contributed by atoms with E-state index in [2.05, 4.69) is 16.3 Å². The lowest BCUT2D eigenvalue weighted by Crippen LogP contribution is -2.61. The van der Waals surface area contributed by atoms with Gasteiger partial charge in [0.15, 0.2) is 0 Å². The predicted octanol–water partition coefficient (Wildman–Crippen LogP) is 2.50. The van der Waals surface area contributed by atoms with Gasteiger partial charge in [0.1, 0.15) is 5.75 Å². The van der Waals surface area contributed by atoms with Crippen LogP contribution in [-0.4, -0.2) is 35.2 Å². The van der Waals surface area contributed by atoms with E-state index in [-0.39, 0.29) is 0 Å². The molecule has 3 heteroatoms. The van der Waals surface area contributed by atoms with E-state index < -0.39 is 0 Å². The Morgan fingerprint density at radius 1 is 1.21 bits per heavy atom. The monoisotopic (exact) mass is 260 g/mol. The number of nitrogens with zero attached hydrogens (tertiary/aromatic N) is 1. The minimum absolute atomic E-state index is 0.363. The molecule has 0 amide bonds. The normalized spacial score (nSPS) is 23.6. The number of phenolic OH excluding ortho intramolecular Hbond substituents is 1. The predicted molar refractivity (Wildman–Crippen MR) is 77.2 cm³/mol. The molecule has 1 aromatic rings. The van der Waals surface area contributed by atoms with E-state index in [0.29, 0.717) is 11.3 Å². The zero-order valence-electron chi connectivity index (χ0n) is 11.6. The molecule has 1 aromatic carbocycles. The Kier molecular flexibility index (Phi) is 3.76. The maximum atomic E-state index is 9.61. The molecule has 1 saturated heterocycles. The number of nitrogens with one attached hydrogen (secondary N) is 1. The molecule has 0 radical (unpaired) electrons. The summed E-state index contributed by atoms with van der Waals surface area (Å²) in [4.78, 5) is 2.65. The van der Waals surface area contributed by atoms with Crippen LogP contribution in [0.4, 0.5) is 0 Å². The van der Waals surface area contributed by atoms with Crippen LogP contribution in [0.3, 0.4) is 0 Å². The smallest absolute Gasteiger partial charge is 0.115 e. The molecule has 2 fully saturated rings. The molecule has 1 saturated carbocycles. The van der Waals surface area contributed by atoms with Crippen LogP contribution in [-0.2, 0) is 6.54 Å². The number of hydrogen-bond acceptors (Lipinski definition) is 3. The highest BCUT2D eigenvalue weighted by molar-refractivity contribution is 5.27. The van der Waals surface area contributed by atoms with Gasteiger partial charge >= 0.3 is 0 Å². The zero-order valence-corrected chi connectivity index (χ0v) is 11.6. The molecule has 1 heterocycles. The van der Waals surface area contributed by atoms with Gasteiger partial charge in [-0.05, 0) is 30.5 Å². The second-order valence-electron chi connectivity index (χ2n) is 6.05. The highest BCUT2D eigenvalue weighted by atomic mass is 16.3. The van der Waals surface area contributed by atoms with Crippen LogP contribution in [0.15, 0.2) is 24.3 Å². The van der Waals surface area contributed by atoms with Crippen molar-refractivity contribution in [2.45, 2.75) is 44.2 Å². The van der Waals surface area contributed by atoms with Gasteiger partial charge in [-0.15, -0.1) is 0 Å². The van der Waals surface area contributed by atoms with Crippen molar-refractivity contribution in [2.24, 2.45) is 0 Å². The maximum absolute atomic E-state index is 9.61. The summed E-state index contributed by atoms with van der Waals surface area (Å²) >= 11 is 0. The van der Waals surface area contributed by atoms with E-state index >= 15 is 0 Å². The summed E-state index contributed by atoms with van der Waals surface area (Å²) < 4.78 is 0. The molecule has 19 heavy (non-hydrogen) atoms. The van der Waals surface area contributed by atoms with Crippen LogP contribution in [0.1, 0.15) is 37.7 Å². The molecular weight excluding hydrogens is 236 g/mol. The summed E-state index contributed by atoms with van der Waals surface area (Å²) in [5.74, 6) is 0.380. The van der Waals surface area contributed by atoms with Crippen molar-refractivity contribution in [1.82, 2.24) is 10.2 Å². The molecule has 0 unspecified atom stereocenters. The van der Waals surface area contributed by atoms with Crippen molar-refractivity contribution >= 4 is 0 Å². The summed E-state index contributed by atoms with van der Waals surface area (Å²) in [6.45, 7) is 4.30. The lowest BCUT2D eigenvalue weighted by molar-refractivity contribution is 0.0208. The van der Waals surface area contributed by atoms with Gasteiger partial charge in [0.25, 0.3) is 0 Å². The standard InChI is InChI=1S/C16H24N2O/c19-15-6-4-5-14(11-15)12-18-10-9-17-13-16(18)7-2-1-3-8-16/h4-6,11,17,19H,1-3,7-10,12-13H2. The number of hydrogen-bond donors (Lipinski definition) is 2. The van der Waals surface area contributed by atoms with Gasteiger partial charge in [0.2, 0.25) is 0 Å². The van der Waals surface area contributed by atoms with Crippen LogP contribution in [0.5, 0.6) is 5.75 Å². The Bertz CT molecular complexity index is 418. The molecule has 0 atom stereocenters. The van der Waals surface area contributed by atoms with Crippen molar-refractivity contribution in [3.63, 3.8) is 0 Å². The molecule has 1 aliphatic heterocycles. The summed E-state index contributed by atoms with van der Waals surface area (Å²) in [7, 11) is 0. The fourth-order valence-corrected chi connectivity index (χ4v) is 3.71. The topological polar surface area (TPSA) is 35.5 Å². The zero-order chi connectivity index (χ0) is 13.1. The Hall–Kier alpha value is -1.06. The SMILES string of the molecule is Oc1cccc(CN2CCNCC23CCCCC3)c1. The number of rotatable bonds is 2. The van der Waals surface area contributed by atoms with Crippen LogP contribution in [0.2, 0.25) is 0 Å². The highest BCUT2D eigenvalue weighted by Crippen LogP contribution is 2.35. The summed E-state index contributed by atoms with van der Waals surface area (Å²) in [5.41, 5.74) is 1.59. The van der Waals surface area contributed by atoms with Crippen LogP contribution in [0, 0.1) is 0 Å². The number of phenols is 1. The molecule has 1 aliphatic carbocycles. The van der Waals surface area contributed by atoms with Crippen molar-refractivity contribution in [1.29, 1.82) is 0 Å². The minimum Gasteiger partial charge on any atom is -0.508 e. The quantitative estimate of drug-likeness (QED) is 0.857. The van der Waals surface area contributed by atoms with E-state index in [1.807, 2.05) is 12.1 Å². The first-order chi connectivity index (χ1) is 9.28. The van der Waals surface area contributed by atoms with Gasteiger partial charge in [-0.3, -0.25) is 4.90 Å². The van der Waals surface area contributed by atoms with Gasteiger partial charge in [-0.1, -0.05) is 31.4 Å². The largest absolute Gasteiger partial charge is 0.508 e. The van der Waals surface area contributed by atoms with Crippen molar-refractivity contribution in [3.8, 4) is 5.75 Å². The van der Waals surface area contributed by atoms with E-state index in [4.69, 9.17) is 0 Å². The summed E-state index contributed by atoms with van der Waals surface area (Å²) in [5, 5.41) is 13.2. The van der Waals surface area contributed by atoms with E-state index in [0.717, 1.165) is 26.2 Å². The maximum Gasteiger partial charge on any atom is 0.115 e. The molecule has 0 aromatic heterocycles. The molecule has 2 N–H and O–H groups in total. The Labute approximate surface area is 115 Å². The number of benzene rings is 1. The van der Waals surface area contributed by atoms with Crippen LogP contribution >= 0.6 is 0 Å². The molecule has 0 bridgehead atoms. The molecule has 3 rings (SSSR count). The highest BCUT2D eigenvalue weighted by Gasteiger charge is 2.39. The summed E-state index contributed by atoms with van der Waals surface area (Å²) in [6.07, 6.45) is 6.75. The van der Waals surface area contributed by atoms with Gasteiger partial charge < -0.3 is 10.4 Å². The van der Waals surface area contributed by atoms with Crippen LogP contribution in [0.25, 0.3) is 0 Å². The molecule has 3 nitrogen and oxygen atoms in total. The van der Waals surface area contributed by atoms with Crippen molar-refractivity contribution in [3.05, 3.63) is 29.8 Å². The second kappa shape index (κ2) is 5.51. The average molecular weight is 260 g/mol. The molecule has 1 spiro atoms.